The molecule has 2 rings (SSSR count). The second-order valence-electron chi connectivity index (χ2n) is 4.72. The molecule has 1 unspecified atom stereocenters. The van der Waals surface area contributed by atoms with Gasteiger partial charge in [0.2, 0.25) is 0 Å². The molecule has 0 aliphatic heterocycles. The summed E-state index contributed by atoms with van der Waals surface area (Å²) in [5, 5.41) is 0. The summed E-state index contributed by atoms with van der Waals surface area (Å²) in [5.41, 5.74) is 10.1. The molecular formula is C15H18N2O. The Labute approximate surface area is 107 Å². The van der Waals surface area contributed by atoms with E-state index >= 15 is 0 Å². The number of pyridine rings is 1. The Balaban J connectivity index is 2.51. The van der Waals surface area contributed by atoms with Gasteiger partial charge >= 0.3 is 0 Å². The molecule has 3 nitrogen and oxygen atoms in total. The number of hydrogen-bond acceptors (Lipinski definition) is 2. The molecule has 0 aliphatic carbocycles. The molecule has 1 aromatic heterocycles. The summed E-state index contributed by atoms with van der Waals surface area (Å²) < 4.78 is 1.55. The van der Waals surface area contributed by atoms with E-state index in [4.69, 9.17) is 5.73 Å². The fourth-order valence-electron chi connectivity index (χ4n) is 2.20. The van der Waals surface area contributed by atoms with Crippen molar-refractivity contribution < 1.29 is 0 Å². The van der Waals surface area contributed by atoms with Crippen LogP contribution in [0.2, 0.25) is 0 Å². The van der Waals surface area contributed by atoms with Crippen LogP contribution in [0.1, 0.15) is 28.3 Å². The predicted molar refractivity (Wildman–Crippen MR) is 73.6 cm³/mol. The highest BCUT2D eigenvalue weighted by atomic mass is 16.1. The summed E-state index contributed by atoms with van der Waals surface area (Å²) in [7, 11) is 1.74. The number of rotatable bonds is 2. The summed E-state index contributed by atoms with van der Waals surface area (Å²) in [6.45, 7) is 4.07. The van der Waals surface area contributed by atoms with E-state index < -0.39 is 0 Å². The fourth-order valence-corrected chi connectivity index (χ4v) is 2.20. The Morgan fingerprint density at radius 2 is 1.89 bits per heavy atom. The normalized spacial score (nSPS) is 12.4. The Hall–Kier alpha value is -1.87. The molecule has 0 saturated heterocycles. The van der Waals surface area contributed by atoms with Crippen LogP contribution < -0.4 is 11.3 Å². The van der Waals surface area contributed by atoms with Crippen molar-refractivity contribution in [1.82, 2.24) is 4.57 Å². The van der Waals surface area contributed by atoms with Crippen LogP contribution in [0.5, 0.6) is 0 Å². The van der Waals surface area contributed by atoms with E-state index in [1.165, 1.54) is 5.56 Å². The van der Waals surface area contributed by atoms with Crippen molar-refractivity contribution in [2.75, 3.05) is 0 Å². The second-order valence-corrected chi connectivity index (χ2v) is 4.72. The van der Waals surface area contributed by atoms with Crippen molar-refractivity contribution in [3.8, 4) is 0 Å². The van der Waals surface area contributed by atoms with Gasteiger partial charge in [-0.15, -0.1) is 0 Å². The van der Waals surface area contributed by atoms with Crippen LogP contribution in [0.4, 0.5) is 0 Å². The first-order valence-electron chi connectivity index (χ1n) is 5.99. The number of nitrogens with zero attached hydrogens (tertiary/aromatic N) is 1. The molecule has 2 N–H and O–H groups in total. The molecule has 0 spiro atoms. The highest BCUT2D eigenvalue weighted by molar-refractivity contribution is 5.37. The first kappa shape index (κ1) is 12.6. The summed E-state index contributed by atoms with van der Waals surface area (Å²) in [4.78, 5) is 12.0. The van der Waals surface area contributed by atoms with E-state index in [0.29, 0.717) is 5.56 Å². The monoisotopic (exact) mass is 242 g/mol. The molecule has 1 heterocycles. The molecule has 0 saturated carbocycles. The van der Waals surface area contributed by atoms with Crippen LogP contribution in [0.15, 0.2) is 41.3 Å². The zero-order chi connectivity index (χ0) is 13.3. The van der Waals surface area contributed by atoms with Crippen LogP contribution in [-0.2, 0) is 7.05 Å². The van der Waals surface area contributed by atoms with Gasteiger partial charge in [-0.3, -0.25) is 4.79 Å². The van der Waals surface area contributed by atoms with E-state index in [2.05, 4.69) is 6.07 Å². The van der Waals surface area contributed by atoms with Gasteiger partial charge in [-0.25, -0.2) is 0 Å². The molecule has 18 heavy (non-hydrogen) atoms. The SMILES string of the molecule is Cc1ccc(C(N)c2cccn(C)c2=O)c(C)c1. The highest BCUT2D eigenvalue weighted by Gasteiger charge is 2.15. The van der Waals surface area contributed by atoms with E-state index in [9.17, 15) is 4.79 Å². The van der Waals surface area contributed by atoms with Gasteiger partial charge in [0.1, 0.15) is 0 Å². The van der Waals surface area contributed by atoms with E-state index in [1.807, 2.05) is 32.0 Å². The predicted octanol–water partition coefficient (Wildman–Crippen LogP) is 2.05. The van der Waals surface area contributed by atoms with Crippen LogP contribution >= 0.6 is 0 Å². The third-order valence-corrected chi connectivity index (χ3v) is 3.25. The number of hydrogen-bond donors (Lipinski definition) is 1. The molecule has 0 radical (unpaired) electrons. The van der Waals surface area contributed by atoms with E-state index in [0.717, 1.165) is 11.1 Å². The quantitative estimate of drug-likeness (QED) is 0.876. The largest absolute Gasteiger partial charge is 0.320 e. The third kappa shape index (κ3) is 2.22. The lowest BCUT2D eigenvalue weighted by Crippen LogP contribution is -2.27. The first-order chi connectivity index (χ1) is 8.50. The minimum absolute atomic E-state index is 0.0371. The number of aryl methyl sites for hydroxylation is 3. The molecule has 0 aliphatic rings. The summed E-state index contributed by atoms with van der Waals surface area (Å²) in [6.07, 6.45) is 1.74. The third-order valence-electron chi connectivity index (χ3n) is 3.25. The van der Waals surface area contributed by atoms with Crippen molar-refractivity contribution in [1.29, 1.82) is 0 Å². The molecule has 0 amide bonds. The van der Waals surface area contributed by atoms with Gasteiger partial charge in [-0.2, -0.15) is 0 Å². The second kappa shape index (κ2) is 4.78. The molecular weight excluding hydrogens is 224 g/mol. The Morgan fingerprint density at radius 3 is 2.56 bits per heavy atom. The summed E-state index contributed by atoms with van der Waals surface area (Å²) >= 11 is 0. The van der Waals surface area contributed by atoms with Crippen molar-refractivity contribution in [2.45, 2.75) is 19.9 Å². The van der Waals surface area contributed by atoms with E-state index in [1.54, 1.807) is 23.9 Å². The molecule has 94 valence electrons. The summed E-state index contributed by atoms with van der Waals surface area (Å²) in [6, 6.07) is 9.39. The molecule has 3 heteroatoms. The Bertz CT molecular complexity index is 629. The lowest BCUT2D eigenvalue weighted by molar-refractivity contribution is 0.780. The standard InChI is InChI=1S/C15H18N2O/c1-10-6-7-12(11(2)9-10)14(16)13-5-4-8-17(3)15(13)18/h4-9,14H,16H2,1-3H3. The first-order valence-corrected chi connectivity index (χ1v) is 5.99. The van der Waals surface area contributed by atoms with Gasteiger partial charge in [0.15, 0.2) is 0 Å². The molecule has 0 fully saturated rings. The Morgan fingerprint density at radius 1 is 1.17 bits per heavy atom. The molecule has 0 bridgehead atoms. The van der Waals surface area contributed by atoms with Crippen molar-refractivity contribution >= 4 is 0 Å². The zero-order valence-electron chi connectivity index (χ0n) is 11.0. The van der Waals surface area contributed by atoms with Gasteiger partial charge in [-0.05, 0) is 31.0 Å². The number of benzene rings is 1. The van der Waals surface area contributed by atoms with Crippen LogP contribution in [0.25, 0.3) is 0 Å². The van der Waals surface area contributed by atoms with Gasteiger partial charge in [0, 0.05) is 18.8 Å². The fraction of sp³-hybridized carbons (Fsp3) is 0.267. The van der Waals surface area contributed by atoms with Gasteiger partial charge in [0.05, 0.1) is 6.04 Å². The van der Waals surface area contributed by atoms with E-state index in [-0.39, 0.29) is 11.6 Å². The number of aromatic nitrogens is 1. The van der Waals surface area contributed by atoms with Crippen molar-refractivity contribution in [3.05, 3.63) is 69.1 Å². The average molecular weight is 242 g/mol. The van der Waals surface area contributed by atoms with Crippen LogP contribution in [0, 0.1) is 13.8 Å². The van der Waals surface area contributed by atoms with Crippen LogP contribution in [-0.4, -0.2) is 4.57 Å². The molecule has 1 aromatic carbocycles. The highest BCUT2D eigenvalue weighted by Crippen LogP contribution is 2.21. The maximum Gasteiger partial charge on any atom is 0.255 e. The lowest BCUT2D eigenvalue weighted by atomic mass is 9.95. The van der Waals surface area contributed by atoms with Crippen LogP contribution in [0.3, 0.4) is 0 Å². The average Bonchev–Trinajstić information content (AvgIpc) is 2.32. The maximum absolute atomic E-state index is 12.0. The molecule has 1 atom stereocenters. The lowest BCUT2D eigenvalue weighted by Gasteiger charge is -2.15. The van der Waals surface area contributed by atoms with Crippen molar-refractivity contribution in [2.24, 2.45) is 12.8 Å². The topological polar surface area (TPSA) is 48.0 Å². The smallest absolute Gasteiger partial charge is 0.255 e. The minimum Gasteiger partial charge on any atom is -0.320 e. The zero-order valence-corrected chi connectivity index (χ0v) is 11.0. The molecule has 2 aromatic rings. The number of nitrogens with two attached hydrogens (primary N) is 1. The van der Waals surface area contributed by atoms with Crippen molar-refractivity contribution in [3.63, 3.8) is 0 Å². The van der Waals surface area contributed by atoms with Gasteiger partial charge in [0.25, 0.3) is 5.56 Å². The maximum atomic E-state index is 12.0. The minimum atomic E-state index is -0.370. The van der Waals surface area contributed by atoms with Gasteiger partial charge < -0.3 is 10.3 Å². The van der Waals surface area contributed by atoms with Gasteiger partial charge in [-0.1, -0.05) is 29.8 Å². The Kier molecular flexibility index (Phi) is 3.34. The summed E-state index contributed by atoms with van der Waals surface area (Å²) in [5.74, 6) is 0.